The molecule has 0 bridgehead atoms. The van der Waals surface area contributed by atoms with E-state index in [-0.39, 0.29) is 0 Å². The maximum atomic E-state index is 5.87. The second-order valence-corrected chi connectivity index (χ2v) is 7.09. The van der Waals surface area contributed by atoms with Crippen molar-refractivity contribution in [2.45, 2.75) is 45.6 Å². The molecule has 1 saturated heterocycles. The lowest BCUT2D eigenvalue weighted by atomic mass is 10.1. The molecule has 3 heterocycles. The van der Waals surface area contributed by atoms with Crippen LogP contribution >= 0.6 is 0 Å². The molecule has 0 aliphatic carbocycles. The summed E-state index contributed by atoms with van der Waals surface area (Å²) in [6, 6.07) is 4.67. The van der Waals surface area contributed by atoms with Gasteiger partial charge in [-0.25, -0.2) is 4.98 Å². The molecular weight excluding hydrogens is 334 g/mol. The summed E-state index contributed by atoms with van der Waals surface area (Å²) >= 11 is 0. The highest BCUT2D eigenvalue weighted by atomic mass is 16.4. The van der Waals surface area contributed by atoms with Crippen molar-refractivity contribution < 1.29 is 4.42 Å². The summed E-state index contributed by atoms with van der Waals surface area (Å²) < 4.78 is 5.87. The van der Waals surface area contributed by atoms with E-state index < -0.39 is 0 Å². The van der Waals surface area contributed by atoms with Gasteiger partial charge in [0.15, 0.2) is 5.89 Å². The first-order valence-electron chi connectivity index (χ1n) is 9.76. The number of aromatic nitrogens is 2. The highest BCUT2D eigenvalue weighted by Crippen LogP contribution is 2.19. The minimum atomic E-state index is 0.676. The van der Waals surface area contributed by atoms with E-state index in [1.807, 2.05) is 31.3 Å². The molecular formula is C23H29N3O. The molecule has 0 saturated carbocycles. The summed E-state index contributed by atoms with van der Waals surface area (Å²) in [5.41, 5.74) is 3.23. The first-order valence-corrected chi connectivity index (χ1v) is 9.76. The van der Waals surface area contributed by atoms with Crippen LogP contribution in [0.5, 0.6) is 0 Å². The third-order valence-electron chi connectivity index (χ3n) is 5.15. The number of hydrogen-bond donors (Lipinski definition) is 0. The SMILES string of the molecule is C=C/C=C(\C=C/Cc1nc(CCN2CCC[C@H]2C)c(C)o1)c1cccnc1. The number of oxazole rings is 1. The van der Waals surface area contributed by atoms with E-state index in [4.69, 9.17) is 9.40 Å². The highest BCUT2D eigenvalue weighted by molar-refractivity contribution is 5.74. The zero-order valence-corrected chi connectivity index (χ0v) is 16.4. The van der Waals surface area contributed by atoms with Crippen molar-refractivity contribution in [2.75, 3.05) is 13.1 Å². The van der Waals surface area contributed by atoms with Crippen molar-refractivity contribution in [3.63, 3.8) is 0 Å². The number of rotatable bonds is 8. The first-order chi connectivity index (χ1) is 13.2. The summed E-state index contributed by atoms with van der Waals surface area (Å²) in [4.78, 5) is 11.4. The van der Waals surface area contributed by atoms with Crippen LogP contribution in [0.25, 0.3) is 5.57 Å². The summed E-state index contributed by atoms with van der Waals surface area (Å²) in [6.07, 6.45) is 15.8. The van der Waals surface area contributed by atoms with Crippen LogP contribution in [0, 0.1) is 6.92 Å². The Kier molecular flexibility index (Phi) is 6.77. The smallest absolute Gasteiger partial charge is 0.198 e. The van der Waals surface area contributed by atoms with Crippen LogP contribution in [0.2, 0.25) is 0 Å². The molecule has 4 nitrogen and oxygen atoms in total. The van der Waals surface area contributed by atoms with Gasteiger partial charge in [0, 0.05) is 37.8 Å². The van der Waals surface area contributed by atoms with Crippen molar-refractivity contribution in [3.8, 4) is 0 Å². The molecule has 0 amide bonds. The Balaban J connectivity index is 1.60. The van der Waals surface area contributed by atoms with Crippen LogP contribution in [-0.4, -0.2) is 34.0 Å². The molecule has 3 rings (SSSR count). The average molecular weight is 364 g/mol. The summed E-state index contributed by atoms with van der Waals surface area (Å²) in [6.45, 7) is 10.4. The number of allylic oxidation sites excluding steroid dienone is 5. The van der Waals surface area contributed by atoms with Crippen LogP contribution in [-0.2, 0) is 12.8 Å². The van der Waals surface area contributed by atoms with Gasteiger partial charge >= 0.3 is 0 Å². The fraction of sp³-hybridized carbons (Fsp3) is 0.391. The lowest BCUT2D eigenvalue weighted by molar-refractivity contribution is 0.271. The predicted molar refractivity (Wildman–Crippen MR) is 110 cm³/mol. The molecule has 1 aliphatic heterocycles. The van der Waals surface area contributed by atoms with Gasteiger partial charge in [0.2, 0.25) is 0 Å². The van der Waals surface area contributed by atoms with Gasteiger partial charge < -0.3 is 9.32 Å². The third kappa shape index (κ3) is 5.27. The van der Waals surface area contributed by atoms with Gasteiger partial charge in [-0.05, 0) is 50.4 Å². The second kappa shape index (κ2) is 9.47. The molecule has 1 fully saturated rings. The number of likely N-dealkylation sites (tertiary alicyclic amines) is 1. The topological polar surface area (TPSA) is 42.2 Å². The minimum absolute atomic E-state index is 0.676. The minimum Gasteiger partial charge on any atom is -0.445 e. The van der Waals surface area contributed by atoms with Crippen molar-refractivity contribution in [1.82, 2.24) is 14.9 Å². The molecule has 27 heavy (non-hydrogen) atoms. The molecule has 0 N–H and O–H groups in total. The van der Waals surface area contributed by atoms with E-state index in [0.717, 1.165) is 41.4 Å². The Morgan fingerprint density at radius 3 is 3.04 bits per heavy atom. The Morgan fingerprint density at radius 2 is 2.33 bits per heavy atom. The molecule has 4 heteroatoms. The van der Waals surface area contributed by atoms with Crippen LogP contribution in [0.15, 0.2) is 59.8 Å². The average Bonchev–Trinajstić information content (AvgIpc) is 3.25. The van der Waals surface area contributed by atoms with Gasteiger partial charge in [-0.3, -0.25) is 4.98 Å². The maximum absolute atomic E-state index is 5.87. The van der Waals surface area contributed by atoms with E-state index in [9.17, 15) is 0 Å². The van der Waals surface area contributed by atoms with E-state index >= 15 is 0 Å². The number of nitrogens with zero attached hydrogens (tertiary/aromatic N) is 3. The Morgan fingerprint density at radius 1 is 1.44 bits per heavy atom. The third-order valence-corrected chi connectivity index (χ3v) is 5.15. The molecule has 142 valence electrons. The van der Waals surface area contributed by atoms with Gasteiger partial charge in [-0.15, -0.1) is 0 Å². The molecule has 1 atom stereocenters. The van der Waals surface area contributed by atoms with Gasteiger partial charge in [-0.2, -0.15) is 0 Å². The largest absolute Gasteiger partial charge is 0.445 e. The summed E-state index contributed by atoms with van der Waals surface area (Å²) in [5.74, 6) is 1.72. The fourth-order valence-electron chi connectivity index (χ4n) is 3.58. The van der Waals surface area contributed by atoms with E-state index in [2.05, 4.69) is 35.5 Å². The first kappa shape index (κ1) is 19.3. The molecule has 2 aromatic heterocycles. The standard InChI is InChI=1S/C23H29N3O/c1-4-8-20(21-11-6-14-24-17-21)10-5-12-23-25-22(19(3)27-23)13-16-26-15-7-9-18(26)2/h4-6,8,10-11,14,17-18H,1,7,9,12-13,15-16H2,2-3H3/b10-5-,20-8+/t18-/m1/s1. The number of pyridine rings is 1. The summed E-state index contributed by atoms with van der Waals surface area (Å²) in [7, 11) is 0. The van der Waals surface area contributed by atoms with Gasteiger partial charge in [0.1, 0.15) is 5.76 Å². The van der Waals surface area contributed by atoms with Crippen molar-refractivity contribution in [3.05, 3.63) is 78.3 Å². The van der Waals surface area contributed by atoms with Crippen molar-refractivity contribution in [2.24, 2.45) is 0 Å². The molecule has 0 aromatic carbocycles. The van der Waals surface area contributed by atoms with Gasteiger partial charge in [-0.1, -0.05) is 36.9 Å². The normalized spacial score (nSPS) is 18.4. The Bertz CT molecular complexity index is 804. The van der Waals surface area contributed by atoms with Crippen molar-refractivity contribution in [1.29, 1.82) is 0 Å². The fourth-order valence-corrected chi connectivity index (χ4v) is 3.58. The second-order valence-electron chi connectivity index (χ2n) is 7.09. The highest BCUT2D eigenvalue weighted by Gasteiger charge is 2.20. The van der Waals surface area contributed by atoms with E-state index in [0.29, 0.717) is 12.5 Å². The Labute approximate surface area is 162 Å². The zero-order valence-electron chi connectivity index (χ0n) is 16.4. The predicted octanol–water partition coefficient (Wildman–Crippen LogP) is 4.77. The molecule has 0 unspecified atom stereocenters. The molecule has 0 spiro atoms. The van der Waals surface area contributed by atoms with Crippen molar-refractivity contribution >= 4 is 5.57 Å². The van der Waals surface area contributed by atoms with Crippen LogP contribution in [0.3, 0.4) is 0 Å². The summed E-state index contributed by atoms with van der Waals surface area (Å²) in [5, 5.41) is 0. The van der Waals surface area contributed by atoms with Gasteiger partial charge in [0.25, 0.3) is 0 Å². The lowest BCUT2D eigenvalue weighted by Gasteiger charge is -2.20. The van der Waals surface area contributed by atoms with E-state index in [1.54, 1.807) is 12.3 Å². The lowest BCUT2D eigenvalue weighted by Crippen LogP contribution is -2.29. The van der Waals surface area contributed by atoms with Gasteiger partial charge in [0.05, 0.1) is 5.69 Å². The van der Waals surface area contributed by atoms with Crippen LogP contribution in [0.1, 0.15) is 42.7 Å². The maximum Gasteiger partial charge on any atom is 0.198 e. The van der Waals surface area contributed by atoms with E-state index in [1.165, 1.54) is 19.4 Å². The van der Waals surface area contributed by atoms with Crippen LogP contribution < -0.4 is 0 Å². The number of hydrogen-bond acceptors (Lipinski definition) is 4. The number of aryl methyl sites for hydroxylation is 1. The monoisotopic (exact) mass is 363 g/mol. The quantitative estimate of drug-likeness (QED) is 0.633. The molecule has 1 aliphatic rings. The molecule has 2 aromatic rings. The zero-order chi connectivity index (χ0) is 19.1. The van der Waals surface area contributed by atoms with Crippen LogP contribution in [0.4, 0.5) is 0 Å². The molecule has 0 radical (unpaired) electrons. The Hall–Kier alpha value is -2.46.